The molecule has 1 aliphatic heterocycles. The van der Waals surface area contributed by atoms with E-state index in [-0.39, 0.29) is 19.5 Å². The lowest BCUT2D eigenvalue weighted by Gasteiger charge is -2.33. The average Bonchev–Trinajstić information content (AvgIpc) is 2.48. The molecular weight excluding hydrogens is 313 g/mol. The summed E-state index contributed by atoms with van der Waals surface area (Å²) in [4.78, 5) is 34.4. The fourth-order valence-electron chi connectivity index (χ4n) is 2.54. The molecule has 1 saturated heterocycles. The van der Waals surface area contributed by atoms with Gasteiger partial charge in [-0.25, -0.2) is 0 Å². The minimum atomic E-state index is -4.47. The highest BCUT2D eigenvalue weighted by molar-refractivity contribution is 6.00. The fraction of sp³-hybridized carbons (Fsp3) is 0.571. The number of aromatic nitrogens is 2. The van der Waals surface area contributed by atoms with Crippen molar-refractivity contribution in [3.63, 3.8) is 0 Å². The highest BCUT2D eigenvalue weighted by atomic mass is 19.4. The summed E-state index contributed by atoms with van der Waals surface area (Å²) in [5, 5.41) is 0. The summed E-state index contributed by atoms with van der Waals surface area (Å²) in [7, 11) is 1.49. The Morgan fingerprint density at radius 3 is 2.78 bits per heavy atom. The van der Waals surface area contributed by atoms with Crippen LogP contribution in [0.25, 0.3) is 0 Å². The van der Waals surface area contributed by atoms with Crippen molar-refractivity contribution in [3.05, 3.63) is 24.3 Å². The molecule has 2 heterocycles. The van der Waals surface area contributed by atoms with E-state index >= 15 is 0 Å². The fourth-order valence-corrected chi connectivity index (χ4v) is 2.54. The van der Waals surface area contributed by atoms with Gasteiger partial charge >= 0.3 is 6.18 Å². The van der Waals surface area contributed by atoms with E-state index in [0.29, 0.717) is 17.0 Å². The molecule has 0 bridgehead atoms. The lowest BCUT2D eigenvalue weighted by Crippen LogP contribution is -2.50. The van der Waals surface area contributed by atoms with E-state index < -0.39 is 30.5 Å². The van der Waals surface area contributed by atoms with Crippen molar-refractivity contribution < 1.29 is 22.8 Å². The van der Waals surface area contributed by atoms with Crippen LogP contribution in [-0.2, 0) is 16.1 Å². The van der Waals surface area contributed by atoms with Crippen molar-refractivity contribution in [2.45, 2.75) is 25.6 Å². The van der Waals surface area contributed by atoms with Crippen LogP contribution < -0.4 is 0 Å². The standard InChI is InChI=1S/C14H17F3N4O2/c1-20(8-10-7-18-4-5-19-10)12(22)11-3-2-6-21(13(11)23)9-14(15,16)17/h4-5,7,11H,2-3,6,8-9H2,1H3. The Balaban J connectivity index is 2.01. The number of amides is 2. The van der Waals surface area contributed by atoms with E-state index in [9.17, 15) is 22.8 Å². The van der Waals surface area contributed by atoms with Gasteiger partial charge in [0.15, 0.2) is 0 Å². The first-order chi connectivity index (χ1) is 10.8. The Bertz CT molecular complexity index is 565. The monoisotopic (exact) mass is 330 g/mol. The number of piperidine rings is 1. The zero-order valence-electron chi connectivity index (χ0n) is 12.6. The predicted molar refractivity (Wildman–Crippen MR) is 73.9 cm³/mol. The summed E-state index contributed by atoms with van der Waals surface area (Å²) in [6.07, 6.45) is 0.623. The van der Waals surface area contributed by atoms with Crippen LogP contribution in [0.3, 0.4) is 0 Å². The molecule has 0 radical (unpaired) electrons. The first kappa shape index (κ1) is 17.2. The summed E-state index contributed by atoms with van der Waals surface area (Å²) in [5.41, 5.74) is 0.541. The number of halogens is 3. The molecule has 0 aliphatic carbocycles. The summed E-state index contributed by atoms with van der Waals surface area (Å²) in [6.45, 7) is -1.14. The lowest BCUT2D eigenvalue weighted by atomic mass is 9.95. The zero-order chi connectivity index (χ0) is 17.0. The molecule has 1 aliphatic rings. The van der Waals surface area contributed by atoms with Crippen LogP contribution in [-0.4, -0.2) is 57.9 Å². The topological polar surface area (TPSA) is 66.4 Å². The van der Waals surface area contributed by atoms with Crippen LogP contribution in [0.15, 0.2) is 18.6 Å². The Morgan fingerprint density at radius 1 is 1.43 bits per heavy atom. The van der Waals surface area contributed by atoms with E-state index in [0.717, 1.165) is 0 Å². The normalized spacial score (nSPS) is 18.9. The molecule has 9 heteroatoms. The number of nitrogens with zero attached hydrogens (tertiary/aromatic N) is 4. The molecule has 0 N–H and O–H groups in total. The Labute approximate surface area is 131 Å². The smallest absolute Gasteiger partial charge is 0.339 e. The number of carbonyl (C=O) groups excluding carboxylic acids is 2. The van der Waals surface area contributed by atoms with E-state index in [1.165, 1.54) is 30.5 Å². The van der Waals surface area contributed by atoms with Crippen LogP contribution in [0, 0.1) is 5.92 Å². The Morgan fingerprint density at radius 2 is 2.17 bits per heavy atom. The highest BCUT2D eigenvalue weighted by Crippen LogP contribution is 2.24. The molecular formula is C14H17F3N4O2. The molecule has 126 valence electrons. The second-order valence-corrected chi connectivity index (χ2v) is 5.46. The summed E-state index contributed by atoms with van der Waals surface area (Å²) < 4.78 is 37.4. The van der Waals surface area contributed by atoms with Gasteiger partial charge in [-0.15, -0.1) is 0 Å². The maximum atomic E-state index is 12.5. The number of rotatable bonds is 4. The maximum Gasteiger partial charge on any atom is 0.406 e. The van der Waals surface area contributed by atoms with Gasteiger partial charge in [-0.05, 0) is 12.8 Å². The molecule has 1 aromatic heterocycles. The van der Waals surface area contributed by atoms with Gasteiger partial charge in [0.1, 0.15) is 12.5 Å². The number of carbonyl (C=O) groups is 2. The number of alkyl halides is 3. The molecule has 2 rings (SSSR count). The molecule has 1 fully saturated rings. The van der Waals surface area contributed by atoms with Crippen molar-refractivity contribution in [1.29, 1.82) is 0 Å². The first-order valence-electron chi connectivity index (χ1n) is 7.13. The van der Waals surface area contributed by atoms with E-state index in [4.69, 9.17) is 0 Å². The van der Waals surface area contributed by atoms with Gasteiger partial charge in [0, 0.05) is 26.0 Å². The van der Waals surface area contributed by atoms with Crippen molar-refractivity contribution in [2.75, 3.05) is 20.1 Å². The molecule has 6 nitrogen and oxygen atoms in total. The summed E-state index contributed by atoms with van der Waals surface area (Å²) in [6, 6.07) is 0. The highest BCUT2D eigenvalue weighted by Gasteiger charge is 2.40. The molecule has 2 amide bonds. The van der Waals surface area contributed by atoms with Crippen molar-refractivity contribution in [2.24, 2.45) is 5.92 Å². The molecule has 0 spiro atoms. The molecule has 0 aromatic carbocycles. The van der Waals surface area contributed by atoms with Gasteiger partial charge in [0.05, 0.1) is 18.4 Å². The molecule has 1 aromatic rings. The van der Waals surface area contributed by atoms with Crippen LogP contribution in [0.2, 0.25) is 0 Å². The van der Waals surface area contributed by atoms with E-state index in [1.54, 1.807) is 0 Å². The zero-order valence-corrected chi connectivity index (χ0v) is 12.6. The van der Waals surface area contributed by atoms with E-state index in [1.807, 2.05) is 0 Å². The van der Waals surface area contributed by atoms with Gasteiger partial charge in [-0.3, -0.25) is 19.6 Å². The quantitative estimate of drug-likeness (QED) is 0.779. The Hall–Kier alpha value is -2.19. The van der Waals surface area contributed by atoms with Gasteiger partial charge in [0.25, 0.3) is 0 Å². The summed E-state index contributed by atoms with van der Waals surface area (Å²) >= 11 is 0. The number of hydrogen-bond acceptors (Lipinski definition) is 4. The largest absolute Gasteiger partial charge is 0.406 e. The maximum absolute atomic E-state index is 12.5. The number of hydrogen-bond donors (Lipinski definition) is 0. The number of likely N-dealkylation sites (tertiary alicyclic amines) is 1. The molecule has 1 unspecified atom stereocenters. The van der Waals surface area contributed by atoms with Crippen LogP contribution in [0.1, 0.15) is 18.5 Å². The average molecular weight is 330 g/mol. The third-order valence-electron chi connectivity index (χ3n) is 3.59. The molecule has 1 atom stereocenters. The third-order valence-corrected chi connectivity index (χ3v) is 3.59. The Kier molecular flexibility index (Phi) is 5.17. The second kappa shape index (κ2) is 6.93. The van der Waals surface area contributed by atoms with E-state index in [2.05, 4.69) is 9.97 Å². The van der Waals surface area contributed by atoms with Gasteiger partial charge in [-0.2, -0.15) is 13.2 Å². The molecule has 23 heavy (non-hydrogen) atoms. The van der Waals surface area contributed by atoms with Gasteiger partial charge in [0.2, 0.25) is 11.8 Å². The molecule has 0 saturated carbocycles. The lowest BCUT2D eigenvalue weighted by molar-refractivity contribution is -0.169. The predicted octanol–water partition coefficient (Wildman–Crippen LogP) is 1.24. The van der Waals surface area contributed by atoms with Gasteiger partial charge < -0.3 is 9.80 Å². The van der Waals surface area contributed by atoms with Crippen molar-refractivity contribution in [1.82, 2.24) is 19.8 Å². The summed E-state index contributed by atoms with van der Waals surface area (Å²) in [5.74, 6) is -2.31. The van der Waals surface area contributed by atoms with Crippen molar-refractivity contribution >= 4 is 11.8 Å². The van der Waals surface area contributed by atoms with Crippen LogP contribution in [0.4, 0.5) is 13.2 Å². The van der Waals surface area contributed by atoms with Crippen LogP contribution >= 0.6 is 0 Å². The first-order valence-corrected chi connectivity index (χ1v) is 7.13. The van der Waals surface area contributed by atoms with Crippen molar-refractivity contribution in [3.8, 4) is 0 Å². The second-order valence-electron chi connectivity index (χ2n) is 5.46. The minimum absolute atomic E-state index is 0.0238. The SMILES string of the molecule is CN(Cc1cnccn1)C(=O)C1CCCN(CC(F)(F)F)C1=O. The van der Waals surface area contributed by atoms with Crippen LogP contribution in [0.5, 0.6) is 0 Å². The minimum Gasteiger partial charge on any atom is -0.339 e. The third kappa shape index (κ3) is 4.64. The van der Waals surface area contributed by atoms with Gasteiger partial charge in [-0.1, -0.05) is 0 Å².